The molecular weight excluding hydrogens is 364 g/mol. The van der Waals surface area contributed by atoms with Crippen LogP contribution in [0.5, 0.6) is 0 Å². The van der Waals surface area contributed by atoms with Crippen molar-refractivity contribution in [3.63, 3.8) is 0 Å². The number of nitrogens with zero attached hydrogens (tertiary/aromatic N) is 3. The Balaban J connectivity index is 1.85. The topological polar surface area (TPSA) is 86.1 Å². The Morgan fingerprint density at radius 1 is 1.10 bits per heavy atom. The first-order valence-electron chi connectivity index (χ1n) is 9.18. The molecule has 0 aliphatic heterocycles. The van der Waals surface area contributed by atoms with Crippen LogP contribution in [0, 0.1) is 18.3 Å². The lowest BCUT2D eigenvalue weighted by molar-refractivity contribution is 0.0988. The van der Waals surface area contributed by atoms with E-state index in [-0.39, 0.29) is 11.6 Å². The zero-order valence-electron chi connectivity index (χ0n) is 16.2. The van der Waals surface area contributed by atoms with Gasteiger partial charge in [-0.3, -0.25) is 14.6 Å². The van der Waals surface area contributed by atoms with E-state index < -0.39 is 5.91 Å². The van der Waals surface area contributed by atoms with Crippen LogP contribution in [0.3, 0.4) is 0 Å². The number of para-hydroxylation sites is 1. The zero-order valence-corrected chi connectivity index (χ0v) is 16.2. The molecule has 144 valence electrons. The lowest BCUT2D eigenvalue weighted by Gasteiger charge is -2.21. The van der Waals surface area contributed by atoms with Gasteiger partial charge in [0.15, 0.2) is 0 Å². The number of amides is 2. The van der Waals surface area contributed by atoms with Gasteiger partial charge in [0.25, 0.3) is 11.8 Å². The fourth-order valence-electron chi connectivity index (χ4n) is 2.96. The molecule has 1 aromatic heterocycles. The van der Waals surface area contributed by atoms with Crippen LogP contribution in [-0.4, -0.2) is 23.3 Å². The maximum Gasteiger partial charge on any atom is 0.274 e. The van der Waals surface area contributed by atoms with Crippen molar-refractivity contribution in [3.05, 3.63) is 89.2 Å². The van der Waals surface area contributed by atoms with Crippen molar-refractivity contribution in [1.29, 1.82) is 5.26 Å². The van der Waals surface area contributed by atoms with E-state index >= 15 is 0 Å². The summed E-state index contributed by atoms with van der Waals surface area (Å²) in [6, 6.07) is 19.5. The first-order valence-corrected chi connectivity index (χ1v) is 9.18. The van der Waals surface area contributed by atoms with Crippen molar-refractivity contribution in [2.75, 3.05) is 16.8 Å². The molecule has 1 heterocycles. The molecule has 0 aliphatic carbocycles. The van der Waals surface area contributed by atoms with Crippen molar-refractivity contribution in [2.45, 2.75) is 13.8 Å². The van der Waals surface area contributed by atoms with Gasteiger partial charge >= 0.3 is 0 Å². The molecule has 6 heteroatoms. The van der Waals surface area contributed by atoms with Crippen LogP contribution in [0.1, 0.15) is 38.9 Å². The molecule has 0 radical (unpaired) electrons. The molecule has 0 unspecified atom stereocenters. The Labute approximate surface area is 169 Å². The third kappa shape index (κ3) is 4.47. The van der Waals surface area contributed by atoms with E-state index in [9.17, 15) is 9.59 Å². The Morgan fingerprint density at radius 3 is 2.62 bits per heavy atom. The third-order valence-corrected chi connectivity index (χ3v) is 4.41. The van der Waals surface area contributed by atoms with E-state index in [0.717, 1.165) is 11.3 Å². The number of rotatable bonds is 5. The van der Waals surface area contributed by atoms with Crippen LogP contribution in [0.2, 0.25) is 0 Å². The quantitative estimate of drug-likeness (QED) is 0.715. The smallest absolute Gasteiger partial charge is 0.274 e. The van der Waals surface area contributed by atoms with E-state index in [1.807, 2.05) is 44.2 Å². The van der Waals surface area contributed by atoms with Gasteiger partial charge in [-0.1, -0.05) is 24.3 Å². The van der Waals surface area contributed by atoms with Gasteiger partial charge in [-0.25, -0.2) is 0 Å². The highest BCUT2D eigenvalue weighted by Crippen LogP contribution is 2.19. The number of anilines is 2. The maximum absolute atomic E-state index is 13.0. The Kier molecular flexibility index (Phi) is 6.00. The minimum absolute atomic E-state index is 0.101. The average Bonchev–Trinajstić information content (AvgIpc) is 2.74. The van der Waals surface area contributed by atoms with Gasteiger partial charge in [0.2, 0.25) is 0 Å². The fourth-order valence-corrected chi connectivity index (χ4v) is 2.96. The Hall–Kier alpha value is -3.98. The summed E-state index contributed by atoms with van der Waals surface area (Å²) in [6.45, 7) is 4.35. The van der Waals surface area contributed by atoms with Crippen LogP contribution >= 0.6 is 0 Å². The Bertz CT molecular complexity index is 1100. The number of benzene rings is 2. The number of nitriles is 1. The molecule has 2 aromatic carbocycles. The van der Waals surface area contributed by atoms with Crippen LogP contribution in [0.15, 0.2) is 66.9 Å². The second kappa shape index (κ2) is 8.81. The summed E-state index contributed by atoms with van der Waals surface area (Å²) in [5, 5.41) is 11.8. The van der Waals surface area contributed by atoms with Crippen molar-refractivity contribution in [1.82, 2.24) is 4.98 Å². The van der Waals surface area contributed by atoms with Crippen molar-refractivity contribution in [2.24, 2.45) is 0 Å². The number of aryl methyl sites for hydroxylation is 1. The third-order valence-electron chi connectivity index (χ3n) is 4.41. The van der Waals surface area contributed by atoms with Crippen LogP contribution < -0.4 is 10.2 Å². The number of hydrogen-bond acceptors (Lipinski definition) is 4. The minimum atomic E-state index is -0.485. The van der Waals surface area contributed by atoms with Gasteiger partial charge in [0, 0.05) is 24.0 Å². The number of nitrogens with one attached hydrogen (secondary N) is 1. The molecule has 1 N–H and O–H groups in total. The maximum atomic E-state index is 13.0. The predicted octanol–water partition coefficient (Wildman–Crippen LogP) is 4.18. The second-order valence-electron chi connectivity index (χ2n) is 6.43. The molecule has 0 aliphatic rings. The first kappa shape index (κ1) is 19.8. The molecule has 6 nitrogen and oxygen atoms in total. The number of hydrogen-bond donors (Lipinski definition) is 1. The minimum Gasteiger partial charge on any atom is -0.319 e. The van der Waals surface area contributed by atoms with E-state index in [4.69, 9.17) is 5.26 Å². The van der Waals surface area contributed by atoms with E-state index in [0.29, 0.717) is 23.4 Å². The van der Waals surface area contributed by atoms with Crippen LogP contribution in [-0.2, 0) is 0 Å². The predicted molar refractivity (Wildman–Crippen MR) is 112 cm³/mol. The fraction of sp³-hybridized carbons (Fsp3) is 0.130. The summed E-state index contributed by atoms with van der Waals surface area (Å²) in [5.74, 6) is -0.701. The number of carbonyl (C=O) groups is 2. The van der Waals surface area contributed by atoms with Gasteiger partial charge in [0.05, 0.1) is 11.3 Å². The lowest BCUT2D eigenvalue weighted by Crippen LogP contribution is -2.31. The molecule has 0 atom stereocenters. The normalized spacial score (nSPS) is 10.1. The summed E-state index contributed by atoms with van der Waals surface area (Å²) in [7, 11) is 0. The highest BCUT2D eigenvalue weighted by atomic mass is 16.2. The molecule has 3 aromatic rings. The monoisotopic (exact) mass is 384 g/mol. The van der Waals surface area contributed by atoms with E-state index in [1.54, 1.807) is 35.2 Å². The number of aromatic nitrogens is 1. The molecule has 29 heavy (non-hydrogen) atoms. The summed E-state index contributed by atoms with van der Waals surface area (Å²) in [4.78, 5) is 31.4. The van der Waals surface area contributed by atoms with Crippen LogP contribution in [0.4, 0.5) is 11.4 Å². The summed E-state index contributed by atoms with van der Waals surface area (Å²) in [5.41, 5.74) is 3.06. The molecular formula is C23H20N4O2. The Morgan fingerprint density at radius 2 is 1.90 bits per heavy atom. The van der Waals surface area contributed by atoms with E-state index in [2.05, 4.69) is 10.3 Å². The van der Waals surface area contributed by atoms with Gasteiger partial charge in [0.1, 0.15) is 11.8 Å². The first-order chi connectivity index (χ1) is 14.0. The molecule has 0 bridgehead atoms. The van der Waals surface area contributed by atoms with Crippen molar-refractivity contribution in [3.8, 4) is 6.07 Å². The summed E-state index contributed by atoms with van der Waals surface area (Å²) in [6.07, 6.45) is 1.43. The molecule has 0 fully saturated rings. The van der Waals surface area contributed by atoms with Gasteiger partial charge in [-0.2, -0.15) is 5.26 Å². The van der Waals surface area contributed by atoms with Crippen LogP contribution in [0.25, 0.3) is 0 Å². The molecule has 0 saturated heterocycles. The number of pyridine rings is 1. The lowest BCUT2D eigenvalue weighted by atomic mass is 10.1. The molecule has 0 saturated carbocycles. The molecule has 0 spiro atoms. The second-order valence-corrected chi connectivity index (χ2v) is 6.43. The molecule has 2 amide bonds. The van der Waals surface area contributed by atoms with Gasteiger partial charge < -0.3 is 10.2 Å². The highest BCUT2D eigenvalue weighted by Gasteiger charge is 2.19. The van der Waals surface area contributed by atoms with Gasteiger partial charge in [-0.05, 0) is 55.8 Å². The molecule has 3 rings (SSSR count). The number of carbonyl (C=O) groups excluding carboxylic acids is 2. The zero-order chi connectivity index (χ0) is 20.8. The SMILES string of the molecule is CCN(C(=O)c1ccnc(C(=O)Nc2ccccc2C#N)c1)c1cccc(C)c1. The van der Waals surface area contributed by atoms with Crippen molar-refractivity contribution >= 4 is 23.2 Å². The van der Waals surface area contributed by atoms with E-state index in [1.165, 1.54) is 12.3 Å². The largest absolute Gasteiger partial charge is 0.319 e. The van der Waals surface area contributed by atoms with Gasteiger partial charge in [-0.15, -0.1) is 0 Å². The standard InChI is InChI=1S/C23H20N4O2/c1-3-27(19-9-6-7-16(2)13-19)23(29)17-11-12-25-21(14-17)22(28)26-20-10-5-4-8-18(20)15-24/h4-14H,3H2,1-2H3,(H,26,28). The summed E-state index contributed by atoms with van der Waals surface area (Å²) >= 11 is 0. The average molecular weight is 384 g/mol. The van der Waals surface area contributed by atoms with Crippen molar-refractivity contribution < 1.29 is 9.59 Å². The summed E-state index contributed by atoms with van der Waals surface area (Å²) < 4.78 is 0. The highest BCUT2D eigenvalue weighted by molar-refractivity contribution is 6.09.